The number of ether oxygens (including phenoxy) is 1. The third kappa shape index (κ3) is 4.31. The normalized spacial score (nSPS) is 11.8. The van der Waals surface area contributed by atoms with E-state index in [0.29, 0.717) is 6.61 Å². The van der Waals surface area contributed by atoms with Crippen molar-refractivity contribution in [3.63, 3.8) is 0 Å². The second kappa shape index (κ2) is 6.05. The molecular weight excluding hydrogens is 351 g/mol. The maximum Gasteiger partial charge on any atom is 0.139 e. The molecule has 0 radical (unpaired) electrons. The van der Waals surface area contributed by atoms with Gasteiger partial charge in [0.25, 0.3) is 0 Å². The summed E-state index contributed by atoms with van der Waals surface area (Å²) in [5, 5.41) is 0. The van der Waals surface area contributed by atoms with Crippen LogP contribution in [0.4, 0.5) is 0 Å². The maximum atomic E-state index is 5.77. The molecule has 1 heterocycles. The second-order valence-electron chi connectivity index (χ2n) is 5.42. The Bertz CT molecular complexity index is 543. The molecular formula is C15H19IN2O. The fourth-order valence-electron chi connectivity index (χ4n) is 1.83. The van der Waals surface area contributed by atoms with Gasteiger partial charge in [0.2, 0.25) is 0 Å². The molecule has 0 saturated heterocycles. The van der Waals surface area contributed by atoms with Crippen LogP contribution in [0.3, 0.4) is 0 Å². The Kier molecular flexibility index (Phi) is 4.62. The molecule has 1 aromatic carbocycles. The topological polar surface area (TPSA) is 27.1 Å². The van der Waals surface area contributed by atoms with Gasteiger partial charge in [0, 0.05) is 28.1 Å². The van der Waals surface area contributed by atoms with Gasteiger partial charge in [-0.05, 0) is 55.5 Å². The Balaban J connectivity index is 2.10. The van der Waals surface area contributed by atoms with Gasteiger partial charge in [-0.2, -0.15) is 0 Å². The summed E-state index contributed by atoms with van der Waals surface area (Å²) in [6, 6.07) is 8.37. The van der Waals surface area contributed by atoms with Crippen molar-refractivity contribution in [1.82, 2.24) is 9.55 Å². The van der Waals surface area contributed by atoms with Crippen molar-refractivity contribution in [1.29, 1.82) is 0 Å². The van der Waals surface area contributed by atoms with Crippen LogP contribution in [-0.4, -0.2) is 21.8 Å². The molecule has 0 atom stereocenters. The molecule has 0 saturated carbocycles. The van der Waals surface area contributed by atoms with Gasteiger partial charge in [0.05, 0.1) is 12.2 Å². The van der Waals surface area contributed by atoms with Crippen molar-refractivity contribution in [2.75, 3.05) is 6.61 Å². The lowest BCUT2D eigenvalue weighted by molar-refractivity contribution is -0.00669. The Labute approximate surface area is 128 Å². The zero-order valence-corrected chi connectivity index (χ0v) is 13.7. The van der Waals surface area contributed by atoms with E-state index in [4.69, 9.17) is 4.74 Å². The van der Waals surface area contributed by atoms with Crippen molar-refractivity contribution in [2.45, 2.75) is 32.9 Å². The minimum Gasteiger partial charge on any atom is -0.374 e. The average molecular weight is 370 g/mol. The smallest absolute Gasteiger partial charge is 0.139 e. The van der Waals surface area contributed by atoms with E-state index in [9.17, 15) is 0 Å². The van der Waals surface area contributed by atoms with Gasteiger partial charge in [-0.15, -0.1) is 0 Å². The summed E-state index contributed by atoms with van der Waals surface area (Å²) in [5.74, 6) is 0.996. The van der Waals surface area contributed by atoms with E-state index in [-0.39, 0.29) is 5.60 Å². The van der Waals surface area contributed by atoms with Gasteiger partial charge in [-0.25, -0.2) is 4.98 Å². The first-order chi connectivity index (χ1) is 8.96. The summed E-state index contributed by atoms with van der Waals surface area (Å²) in [6.07, 6.45) is 3.84. The molecule has 0 spiro atoms. The van der Waals surface area contributed by atoms with Crippen LogP contribution in [0, 0.1) is 3.57 Å². The molecule has 4 heteroatoms. The first kappa shape index (κ1) is 14.5. The molecule has 1 aromatic heterocycles. The van der Waals surface area contributed by atoms with E-state index in [0.717, 1.165) is 17.9 Å². The van der Waals surface area contributed by atoms with Crippen molar-refractivity contribution in [2.24, 2.45) is 0 Å². The first-order valence-electron chi connectivity index (χ1n) is 6.37. The molecule has 0 bridgehead atoms. The Morgan fingerprint density at radius 3 is 2.79 bits per heavy atom. The van der Waals surface area contributed by atoms with Gasteiger partial charge in [-0.1, -0.05) is 12.1 Å². The molecule has 0 N–H and O–H groups in total. The van der Waals surface area contributed by atoms with E-state index >= 15 is 0 Å². The van der Waals surface area contributed by atoms with Crippen molar-refractivity contribution in [3.05, 3.63) is 40.2 Å². The fraction of sp³-hybridized carbons (Fsp3) is 0.400. The second-order valence-corrected chi connectivity index (χ2v) is 6.66. The van der Waals surface area contributed by atoms with E-state index in [2.05, 4.69) is 77.2 Å². The molecule has 3 nitrogen and oxygen atoms in total. The zero-order valence-electron chi connectivity index (χ0n) is 11.6. The number of hydrogen-bond acceptors (Lipinski definition) is 2. The van der Waals surface area contributed by atoms with E-state index in [1.165, 1.54) is 3.57 Å². The monoisotopic (exact) mass is 370 g/mol. The quantitative estimate of drug-likeness (QED) is 0.762. The van der Waals surface area contributed by atoms with Crippen LogP contribution < -0.4 is 0 Å². The Morgan fingerprint density at radius 2 is 2.11 bits per heavy atom. The molecule has 0 unspecified atom stereocenters. The van der Waals surface area contributed by atoms with Crippen molar-refractivity contribution >= 4 is 22.6 Å². The fourth-order valence-corrected chi connectivity index (χ4v) is 2.37. The number of nitrogens with zero attached hydrogens (tertiary/aromatic N) is 2. The SMILES string of the molecule is CC(C)(C)OCCn1ccnc1-c1cccc(I)c1. The highest BCUT2D eigenvalue weighted by Gasteiger charge is 2.11. The summed E-state index contributed by atoms with van der Waals surface area (Å²) < 4.78 is 9.12. The molecule has 2 aromatic rings. The van der Waals surface area contributed by atoms with Crippen LogP contribution in [0.1, 0.15) is 20.8 Å². The van der Waals surface area contributed by atoms with Gasteiger partial charge >= 0.3 is 0 Å². The molecule has 0 aliphatic rings. The van der Waals surface area contributed by atoms with Crippen LogP contribution in [0.25, 0.3) is 11.4 Å². The minimum atomic E-state index is -0.0944. The van der Waals surface area contributed by atoms with E-state index in [1.807, 2.05) is 12.4 Å². The molecule has 2 rings (SSSR count). The lowest BCUT2D eigenvalue weighted by Gasteiger charge is -2.20. The first-order valence-corrected chi connectivity index (χ1v) is 7.45. The minimum absolute atomic E-state index is 0.0944. The summed E-state index contributed by atoms with van der Waals surface area (Å²) in [6.45, 7) is 7.72. The predicted molar refractivity (Wildman–Crippen MR) is 86.1 cm³/mol. The molecule has 0 amide bonds. The number of hydrogen-bond donors (Lipinski definition) is 0. The van der Waals surface area contributed by atoms with Crippen molar-refractivity contribution in [3.8, 4) is 11.4 Å². The summed E-state index contributed by atoms with van der Waals surface area (Å²) >= 11 is 2.32. The third-order valence-corrected chi connectivity index (χ3v) is 3.34. The highest BCUT2D eigenvalue weighted by molar-refractivity contribution is 14.1. The molecule has 0 aliphatic carbocycles. The summed E-state index contributed by atoms with van der Waals surface area (Å²) in [4.78, 5) is 4.45. The third-order valence-electron chi connectivity index (χ3n) is 2.67. The number of halogens is 1. The largest absolute Gasteiger partial charge is 0.374 e. The number of rotatable bonds is 4. The molecule has 19 heavy (non-hydrogen) atoms. The lowest BCUT2D eigenvalue weighted by Crippen LogP contribution is -2.21. The standard InChI is InChI=1S/C15H19IN2O/c1-15(2,3)19-10-9-18-8-7-17-14(18)12-5-4-6-13(16)11-12/h4-8,11H,9-10H2,1-3H3. The maximum absolute atomic E-state index is 5.77. The van der Waals surface area contributed by atoms with E-state index in [1.54, 1.807) is 0 Å². The van der Waals surface area contributed by atoms with Crippen LogP contribution in [0.2, 0.25) is 0 Å². The van der Waals surface area contributed by atoms with Crippen LogP contribution in [0.5, 0.6) is 0 Å². The number of imidazole rings is 1. The predicted octanol–water partition coefficient (Wildman–Crippen LogP) is 3.97. The lowest BCUT2D eigenvalue weighted by atomic mass is 10.2. The van der Waals surface area contributed by atoms with Crippen LogP contribution >= 0.6 is 22.6 Å². The number of aromatic nitrogens is 2. The Hall–Kier alpha value is -0.880. The molecule has 0 fully saturated rings. The van der Waals surface area contributed by atoms with Gasteiger partial charge < -0.3 is 9.30 Å². The summed E-state index contributed by atoms with van der Waals surface area (Å²) in [7, 11) is 0. The highest BCUT2D eigenvalue weighted by Crippen LogP contribution is 2.20. The van der Waals surface area contributed by atoms with Gasteiger partial charge in [0.15, 0.2) is 0 Å². The zero-order chi connectivity index (χ0) is 13.9. The van der Waals surface area contributed by atoms with Crippen molar-refractivity contribution < 1.29 is 4.74 Å². The van der Waals surface area contributed by atoms with Gasteiger partial charge in [-0.3, -0.25) is 0 Å². The van der Waals surface area contributed by atoms with E-state index < -0.39 is 0 Å². The highest BCUT2D eigenvalue weighted by atomic mass is 127. The number of benzene rings is 1. The van der Waals surface area contributed by atoms with Gasteiger partial charge in [0.1, 0.15) is 5.82 Å². The molecule has 0 aliphatic heterocycles. The van der Waals surface area contributed by atoms with Crippen LogP contribution in [0.15, 0.2) is 36.7 Å². The Morgan fingerprint density at radius 1 is 1.32 bits per heavy atom. The molecule has 102 valence electrons. The van der Waals surface area contributed by atoms with Crippen LogP contribution in [-0.2, 0) is 11.3 Å². The summed E-state index contributed by atoms with van der Waals surface area (Å²) in [5.41, 5.74) is 1.05. The average Bonchev–Trinajstić information content (AvgIpc) is 2.75.